The monoisotopic (exact) mass is 809 g/mol. The van der Waals surface area contributed by atoms with Gasteiger partial charge in [-0.2, -0.15) is 0 Å². The zero-order valence-corrected chi connectivity index (χ0v) is 34.7. The maximum atomic E-state index is 5.29. The first-order valence-electron chi connectivity index (χ1n) is 21.0. The lowest BCUT2D eigenvalue weighted by atomic mass is 9.97. The third-order valence-electron chi connectivity index (χ3n) is 11.5. The van der Waals surface area contributed by atoms with Gasteiger partial charge in [-0.3, -0.25) is 0 Å². The van der Waals surface area contributed by atoms with Crippen molar-refractivity contribution >= 4 is 21.8 Å². The van der Waals surface area contributed by atoms with Crippen LogP contribution in [0.1, 0.15) is 11.1 Å². The van der Waals surface area contributed by atoms with Crippen LogP contribution in [0.4, 0.5) is 0 Å². The number of benzene rings is 8. The Kier molecular flexibility index (Phi) is 9.47. The fraction of sp³-hybridized carbons (Fsp3) is 0.0357. The summed E-state index contributed by atoms with van der Waals surface area (Å²) in [6.07, 6.45) is 0. The molecule has 11 rings (SSSR count). The van der Waals surface area contributed by atoms with Crippen LogP contribution in [-0.4, -0.2) is 34.5 Å². The number of para-hydroxylation sites is 1. The molecule has 0 unspecified atom stereocenters. The van der Waals surface area contributed by atoms with Crippen LogP contribution in [0.25, 0.3) is 107 Å². The molecule has 0 aliphatic heterocycles. The van der Waals surface area contributed by atoms with E-state index in [-0.39, 0.29) is 0 Å². The molecule has 0 radical (unpaired) electrons. The Hall–Kier alpha value is -8.42. The highest BCUT2D eigenvalue weighted by atomic mass is 15.1. The number of aryl methyl sites for hydroxylation is 2. The summed E-state index contributed by atoms with van der Waals surface area (Å²) < 4.78 is 2.35. The van der Waals surface area contributed by atoms with Crippen molar-refractivity contribution in [1.82, 2.24) is 34.5 Å². The van der Waals surface area contributed by atoms with E-state index in [1.807, 2.05) is 121 Å². The van der Waals surface area contributed by atoms with Gasteiger partial charge in [0.15, 0.2) is 34.9 Å². The average Bonchev–Trinajstić information content (AvgIpc) is 3.68. The summed E-state index contributed by atoms with van der Waals surface area (Å²) in [5.74, 6) is 3.39. The fourth-order valence-electron chi connectivity index (χ4n) is 8.45. The maximum Gasteiger partial charge on any atom is 0.166 e. The summed E-state index contributed by atoms with van der Waals surface area (Å²) in [5, 5.41) is 2.30. The maximum absolute atomic E-state index is 5.29. The van der Waals surface area contributed by atoms with Gasteiger partial charge in [-0.05, 0) is 60.9 Å². The third kappa shape index (κ3) is 7.11. The molecule has 3 heterocycles. The molecule has 3 aromatic heterocycles. The van der Waals surface area contributed by atoms with Gasteiger partial charge in [0.25, 0.3) is 0 Å². The number of hydrogen-bond acceptors (Lipinski definition) is 6. The summed E-state index contributed by atoms with van der Waals surface area (Å²) in [5.41, 5.74) is 13.0. The number of rotatable bonds is 8. The second kappa shape index (κ2) is 15.9. The van der Waals surface area contributed by atoms with E-state index in [0.717, 1.165) is 66.4 Å². The van der Waals surface area contributed by atoms with E-state index >= 15 is 0 Å². The van der Waals surface area contributed by atoms with E-state index in [1.165, 1.54) is 16.7 Å². The lowest BCUT2D eigenvalue weighted by Crippen LogP contribution is -2.05. The highest BCUT2D eigenvalue weighted by molar-refractivity contribution is 6.10. The first kappa shape index (κ1) is 37.6. The predicted octanol–water partition coefficient (Wildman–Crippen LogP) is 13.4. The van der Waals surface area contributed by atoms with Gasteiger partial charge < -0.3 is 4.57 Å². The molecule has 7 heteroatoms. The molecule has 11 aromatic rings. The van der Waals surface area contributed by atoms with Gasteiger partial charge in [0, 0.05) is 44.2 Å². The van der Waals surface area contributed by atoms with Gasteiger partial charge in [0.1, 0.15) is 0 Å². The van der Waals surface area contributed by atoms with E-state index in [9.17, 15) is 0 Å². The van der Waals surface area contributed by atoms with Crippen LogP contribution in [0.2, 0.25) is 0 Å². The average molecular weight is 810 g/mol. The summed E-state index contributed by atoms with van der Waals surface area (Å²) in [4.78, 5) is 30.9. The quantitative estimate of drug-likeness (QED) is 0.152. The molecular weight excluding hydrogens is 771 g/mol. The molecule has 63 heavy (non-hydrogen) atoms. The van der Waals surface area contributed by atoms with E-state index in [1.54, 1.807) is 0 Å². The number of fused-ring (bicyclic) bond motifs is 3. The highest BCUT2D eigenvalue weighted by Gasteiger charge is 2.22. The summed E-state index contributed by atoms with van der Waals surface area (Å²) in [6.45, 7) is 4.32. The van der Waals surface area contributed by atoms with Gasteiger partial charge in [-0.25, -0.2) is 29.9 Å². The molecule has 0 bridgehead atoms. The molecule has 0 atom stereocenters. The second-order valence-electron chi connectivity index (χ2n) is 15.7. The molecule has 0 amide bonds. The van der Waals surface area contributed by atoms with Crippen molar-refractivity contribution in [3.63, 3.8) is 0 Å². The van der Waals surface area contributed by atoms with Crippen molar-refractivity contribution in [2.45, 2.75) is 13.8 Å². The molecular formula is C56H39N7. The van der Waals surface area contributed by atoms with Crippen molar-refractivity contribution in [2.75, 3.05) is 0 Å². The molecule has 7 nitrogen and oxygen atoms in total. The first-order chi connectivity index (χ1) is 31.0. The van der Waals surface area contributed by atoms with Crippen LogP contribution in [0.3, 0.4) is 0 Å². The van der Waals surface area contributed by atoms with Crippen LogP contribution in [0.15, 0.2) is 200 Å². The van der Waals surface area contributed by atoms with Crippen LogP contribution < -0.4 is 0 Å². The largest absolute Gasteiger partial charge is 0.308 e. The SMILES string of the molecule is Cc1ccc(-c2ccc3c4ccccc4n(-c4ccc(-c5nc(-c6ccccc6)nc(-c6ccccc6)n5)cc4-c4nc(-c5ccccc5)nc(-c5ccccc5)n4)c3c2)c(C)c1. The van der Waals surface area contributed by atoms with Crippen molar-refractivity contribution in [2.24, 2.45) is 0 Å². The molecule has 0 aliphatic rings. The third-order valence-corrected chi connectivity index (χ3v) is 11.5. The Morgan fingerprint density at radius 1 is 0.302 bits per heavy atom. The Morgan fingerprint density at radius 2 is 0.746 bits per heavy atom. The van der Waals surface area contributed by atoms with Gasteiger partial charge >= 0.3 is 0 Å². The minimum absolute atomic E-state index is 0.525. The van der Waals surface area contributed by atoms with E-state index in [2.05, 4.69) is 97.3 Å². The molecule has 0 saturated carbocycles. The number of aromatic nitrogens is 7. The van der Waals surface area contributed by atoms with Crippen molar-refractivity contribution in [3.05, 3.63) is 211 Å². The van der Waals surface area contributed by atoms with Gasteiger partial charge in [-0.15, -0.1) is 0 Å². The zero-order chi connectivity index (χ0) is 42.3. The number of hydrogen-bond donors (Lipinski definition) is 0. The highest BCUT2D eigenvalue weighted by Crippen LogP contribution is 2.40. The zero-order valence-electron chi connectivity index (χ0n) is 34.7. The van der Waals surface area contributed by atoms with Crippen LogP contribution in [-0.2, 0) is 0 Å². The predicted molar refractivity (Wildman–Crippen MR) is 255 cm³/mol. The number of nitrogens with zero attached hydrogens (tertiary/aromatic N) is 7. The van der Waals surface area contributed by atoms with Crippen molar-refractivity contribution < 1.29 is 0 Å². The van der Waals surface area contributed by atoms with Crippen molar-refractivity contribution in [1.29, 1.82) is 0 Å². The summed E-state index contributed by atoms with van der Waals surface area (Å²) in [7, 11) is 0. The van der Waals surface area contributed by atoms with Gasteiger partial charge in [-0.1, -0.05) is 175 Å². The van der Waals surface area contributed by atoms with Gasteiger partial charge in [0.2, 0.25) is 0 Å². The van der Waals surface area contributed by atoms with Crippen LogP contribution in [0.5, 0.6) is 0 Å². The van der Waals surface area contributed by atoms with Gasteiger partial charge in [0.05, 0.1) is 16.7 Å². The topological polar surface area (TPSA) is 82.3 Å². The summed E-state index contributed by atoms with van der Waals surface area (Å²) in [6, 6.07) is 68.7. The molecule has 0 N–H and O–H groups in total. The molecule has 0 fully saturated rings. The Labute approximate surface area is 365 Å². The lowest BCUT2D eigenvalue weighted by Gasteiger charge is -2.17. The molecule has 0 saturated heterocycles. The van der Waals surface area contributed by atoms with E-state index < -0.39 is 0 Å². The van der Waals surface area contributed by atoms with Crippen LogP contribution in [0, 0.1) is 13.8 Å². The molecule has 8 aromatic carbocycles. The normalized spacial score (nSPS) is 11.3. The summed E-state index contributed by atoms with van der Waals surface area (Å²) >= 11 is 0. The Morgan fingerprint density at radius 3 is 1.27 bits per heavy atom. The minimum Gasteiger partial charge on any atom is -0.308 e. The van der Waals surface area contributed by atoms with E-state index in [0.29, 0.717) is 34.9 Å². The van der Waals surface area contributed by atoms with E-state index in [4.69, 9.17) is 29.9 Å². The fourth-order valence-corrected chi connectivity index (χ4v) is 8.45. The smallest absolute Gasteiger partial charge is 0.166 e. The van der Waals surface area contributed by atoms with Crippen LogP contribution >= 0.6 is 0 Å². The minimum atomic E-state index is 0.525. The van der Waals surface area contributed by atoms with Crippen molar-refractivity contribution in [3.8, 4) is 85.1 Å². The first-order valence-corrected chi connectivity index (χ1v) is 21.0. The lowest BCUT2D eigenvalue weighted by molar-refractivity contribution is 1.06. The molecule has 298 valence electrons. The molecule has 0 aliphatic carbocycles. The standard InChI is InChI=1S/C56H39N7/c1-36-27-30-44(37(2)33-36)42-28-31-46-45-25-15-16-26-48(45)63(50(46)35-42)49-32-29-43(55-59-51(38-17-7-3-8-18-38)57-52(60-55)39-19-9-4-10-20-39)34-47(49)56-61-53(40-21-11-5-12-22-40)58-54(62-56)41-23-13-6-14-24-41/h3-35H,1-2H3. The molecule has 0 spiro atoms. The Bertz CT molecular complexity index is 3340. The Balaban J connectivity index is 1.21. The second-order valence-corrected chi connectivity index (χ2v) is 15.7.